The SMILES string of the molecule is CCc1ccc(N(C(=O)c2ccccc2[N+](=O)[O-])S(=O)(=O)c2ccc(C)cc2)cc1. The molecule has 8 heteroatoms. The predicted molar refractivity (Wildman–Crippen MR) is 114 cm³/mol. The largest absolute Gasteiger partial charge is 0.282 e. The highest BCUT2D eigenvalue weighted by Gasteiger charge is 2.35. The monoisotopic (exact) mass is 424 g/mol. The first-order chi connectivity index (χ1) is 14.3. The van der Waals surface area contributed by atoms with Crippen LogP contribution in [0.2, 0.25) is 0 Å². The van der Waals surface area contributed by atoms with Crippen LogP contribution < -0.4 is 4.31 Å². The molecule has 0 heterocycles. The first kappa shape index (κ1) is 21.2. The van der Waals surface area contributed by atoms with E-state index >= 15 is 0 Å². The van der Waals surface area contributed by atoms with Crippen LogP contribution in [-0.2, 0) is 16.4 Å². The summed E-state index contributed by atoms with van der Waals surface area (Å²) in [5.41, 5.74) is 1.16. The second kappa shape index (κ2) is 8.46. The lowest BCUT2D eigenvalue weighted by atomic mass is 10.1. The smallest absolute Gasteiger partial charge is 0.267 e. The van der Waals surface area contributed by atoms with E-state index in [0.717, 1.165) is 17.5 Å². The third-order valence-electron chi connectivity index (χ3n) is 4.65. The average molecular weight is 424 g/mol. The lowest BCUT2D eigenvalue weighted by Gasteiger charge is -2.23. The summed E-state index contributed by atoms with van der Waals surface area (Å²) in [5, 5.41) is 11.4. The van der Waals surface area contributed by atoms with E-state index in [4.69, 9.17) is 0 Å². The van der Waals surface area contributed by atoms with Crippen LogP contribution >= 0.6 is 0 Å². The molecule has 0 aromatic heterocycles. The molecule has 0 atom stereocenters. The molecule has 0 saturated heterocycles. The highest BCUT2D eigenvalue weighted by Crippen LogP contribution is 2.29. The van der Waals surface area contributed by atoms with E-state index in [1.807, 2.05) is 13.8 Å². The maximum absolute atomic E-state index is 13.4. The van der Waals surface area contributed by atoms with Crippen molar-refractivity contribution in [3.8, 4) is 0 Å². The van der Waals surface area contributed by atoms with E-state index in [9.17, 15) is 23.3 Å². The average Bonchev–Trinajstić information content (AvgIpc) is 2.74. The molecule has 3 rings (SSSR count). The Morgan fingerprint density at radius 2 is 1.57 bits per heavy atom. The minimum Gasteiger partial charge on any atom is -0.267 e. The third-order valence-corrected chi connectivity index (χ3v) is 6.38. The summed E-state index contributed by atoms with van der Waals surface area (Å²) < 4.78 is 27.5. The number of anilines is 1. The van der Waals surface area contributed by atoms with Gasteiger partial charge in [0.2, 0.25) is 0 Å². The summed E-state index contributed by atoms with van der Waals surface area (Å²) in [6, 6.07) is 17.9. The number of nitro benzene ring substituents is 1. The van der Waals surface area contributed by atoms with Crippen LogP contribution in [0, 0.1) is 17.0 Å². The Bertz CT molecular complexity index is 1190. The molecule has 3 aromatic rings. The maximum atomic E-state index is 13.4. The molecule has 0 N–H and O–H groups in total. The first-order valence-corrected chi connectivity index (χ1v) is 10.7. The number of nitrogens with zero attached hydrogens (tertiary/aromatic N) is 2. The van der Waals surface area contributed by atoms with E-state index in [1.54, 1.807) is 24.3 Å². The van der Waals surface area contributed by atoms with Gasteiger partial charge < -0.3 is 0 Å². The van der Waals surface area contributed by atoms with Gasteiger partial charge in [-0.25, -0.2) is 8.42 Å². The van der Waals surface area contributed by atoms with Gasteiger partial charge in [0, 0.05) is 6.07 Å². The highest BCUT2D eigenvalue weighted by molar-refractivity contribution is 7.93. The number of rotatable bonds is 6. The number of carbonyl (C=O) groups is 1. The number of hydrogen-bond donors (Lipinski definition) is 0. The molecule has 3 aromatic carbocycles. The molecule has 0 saturated carbocycles. The summed E-state index contributed by atoms with van der Waals surface area (Å²) in [4.78, 5) is 24.0. The van der Waals surface area contributed by atoms with E-state index < -0.39 is 26.5 Å². The summed E-state index contributed by atoms with van der Waals surface area (Å²) in [6.07, 6.45) is 0.739. The lowest BCUT2D eigenvalue weighted by Crippen LogP contribution is -2.37. The minimum atomic E-state index is -4.32. The van der Waals surface area contributed by atoms with Crippen molar-refractivity contribution >= 4 is 27.3 Å². The van der Waals surface area contributed by atoms with E-state index in [-0.39, 0.29) is 16.1 Å². The first-order valence-electron chi connectivity index (χ1n) is 9.24. The van der Waals surface area contributed by atoms with Crippen molar-refractivity contribution in [3.63, 3.8) is 0 Å². The zero-order valence-electron chi connectivity index (χ0n) is 16.5. The van der Waals surface area contributed by atoms with Gasteiger partial charge in [0.05, 0.1) is 15.5 Å². The molecule has 1 amide bonds. The zero-order valence-corrected chi connectivity index (χ0v) is 17.3. The Morgan fingerprint density at radius 1 is 0.967 bits per heavy atom. The van der Waals surface area contributed by atoms with Crippen molar-refractivity contribution < 1.29 is 18.1 Å². The fourth-order valence-corrected chi connectivity index (χ4v) is 4.38. The molecular formula is C22H20N2O5S. The van der Waals surface area contributed by atoms with Crippen LogP contribution in [0.3, 0.4) is 0 Å². The van der Waals surface area contributed by atoms with Crippen molar-refractivity contribution in [2.75, 3.05) is 4.31 Å². The quantitative estimate of drug-likeness (QED) is 0.429. The van der Waals surface area contributed by atoms with Gasteiger partial charge in [-0.3, -0.25) is 14.9 Å². The Morgan fingerprint density at radius 3 is 2.13 bits per heavy atom. The van der Waals surface area contributed by atoms with Crippen LogP contribution in [0.15, 0.2) is 77.7 Å². The number of carbonyl (C=O) groups excluding carboxylic acids is 1. The summed E-state index contributed by atoms with van der Waals surface area (Å²) >= 11 is 0. The molecule has 30 heavy (non-hydrogen) atoms. The topological polar surface area (TPSA) is 97.6 Å². The second-order valence-corrected chi connectivity index (χ2v) is 8.47. The van der Waals surface area contributed by atoms with Crippen molar-refractivity contribution in [1.82, 2.24) is 0 Å². The maximum Gasteiger partial charge on any atom is 0.282 e. The molecule has 7 nitrogen and oxygen atoms in total. The summed E-state index contributed by atoms with van der Waals surface area (Å²) in [5.74, 6) is -0.993. The number of hydrogen-bond acceptors (Lipinski definition) is 5. The summed E-state index contributed by atoms with van der Waals surface area (Å²) in [6.45, 7) is 3.77. The molecule has 0 radical (unpaired) electrons. The molecule has 154 valence electrons. The van der Waals surface area contributed by atoms with Gasteiger partial charge in [-0.15, -0.1) is 0 Å². The van der Waals surface area contributed by atoms with Crippen LogP contribution in [-0.4, -0.2) is 19.2 Å². The molecule has 0 spiro atoms. The Labute approximate surface area is 174 Å². The Kier molecular flexibility index (Phi) is 5.98. The number of para-hydroxylation sites is 1. The molecule has 0 aliphatic heterocycles. The predicted octanol–water partition coefficient (Wildman–Crippen LogP) is 4.50. The molecule has 0 fully saturated rings. The minimum absolute atomic E-state index is 0.0837. The Balaban J connectivity index is 2.21. The number of nitro groups is 1. The molecule has 0 aliphatic carbocycles. The van der Waals surface area contributed by atoms with Gasteiger partial charge in [0.15, 0.2) is 0 Å². The van der Waals surface area contributed by atoms with Gasteiger partial charge >= 0.3 is 0 Å². The van der Waals surface area contributed by atoms with Crippen molar-refractivity contribution in [3.05, 3.63) is 99.6 Å². The fourth-order valence-electron chi connectivity index (χ4n) is 2.97. The van der Waals surface area contributed by atoms with Crippen LogP contribution in [0.4, 0.5) is 11.4 Å². The van der Waals surface area contributed by atoms with Gasteiger partial charge in [-0.1, -0.05) is 48.9 Å². The molecule has 0 bridgehead atoms. The number of amides is 1. The van der Waals surface area contributed by atoms with Crippen LogP contribution in [0.25, 0.3) is 0 Å². The van der Waals surface area contributed by atoms with Gasteiger partial charge in [0.1, 0.15) is 5.56 Å². The Hall–Kier alpha value is -3.52. The normalized spacial score (nSPS) is 11.1. The van der Waals surface area contributed by atoms with Crippen molar-refractivity contribution in [2.45, 2.75) is 25.2 Å². The standard InChI is InChI=1S/C22H20N2O5S/c1-3-17-10-12-18(13-11-17)23(30(28,29)19-14-8-16(2)9-15-19)22(25)20-6-4-5-7-21(20)24(26)27/h4-15H,3H2,1-2H3. The van der Waals surface area contributed by atoms with E-state index in [1.165, 1.54) is 48.5 Å². The van der Waals surface area contributed by atoms with E-state index in [0.29, 0.717) is 4.31 Å². The van der Waals surface area contributed by atoms with Gasteiger partial charge in [-0.2, -0.15) is 4.31 Å². The second-order valence-electron chi connectivity index (χ2n) is 6.68. The molecule has 0 unspecified atom stereocenters. The lowest BCUT2D eigenvalue weighted by molar-refractivity contribution is -0.385. The highest BCUT2D eigenvalue weighted by atomic mass is 32.2. The molecule has 0 aliphatic rings. The number of benzene rings is 3. The number of sulfonamides is 1. The van der Waals surface area contributed by atoms with Crippen molar-refractivity contribution in [1.29, 1.82) is 0 Å². The van der Waals surface area contributed by atoms with Crippen molar-refractivity contribution in [2.24, 2.45) is 0 Å². The zero-order chi connectivity index (χ0) is 21.9. The summed E-state index contributed by atoms with van der Waals surface area (Å²) in [7, 11) is -4.32. The van der Waals surface area contributed by atoms with E-state index in [2.05, 4.69) is 0 Å². The van der Waals surface area contributed by atoms with Crippen LogP contribution in [0.5, 0.6) is 0 Å². The number of aryl methyl sites for hydroxylation is 2. The fraction of sp³-hybridized carbons (Fsp3) is 0.136. The van der Waals surface area contributed by atoms with Crippen LogP contribution in [0.1, 0.15) is 28.4 Å². The van der Waals surface area contributed by atoms with Gasteiger partial charge in [0.25, 0.3) is 21.6 Å². The molecular weight excluding hydrogens is 404 g/mol. The van der Waals surface area contributed by atoms with Gasteiger partial charge in [-0.05, 0) is 49.2 Å². The third kappa shape index (κ3) is 4.08.